The van der Waals surface area contributed by atoms with Crippen LogP contribution in [0.1, 0.15) is 17.2 Å². The van der Waals surface area contributed by atoms with Gasteiger partial charge in [-0.05, 0) is 29.3 Å². The van der Waals surface area contributed by atoms with E-state index in [1.165, 1.54) is 17.7 Å². The monoisotopic (exact) mass is 402 g/mol. The third-order valence-corrected chi connectivity index (χ3v) is 6.28. The Morgan fingerprint density at radius 2 is 1.80 bits per heavy atom. The first-order chi connectivity index (χ1) is 14.7. The first-order valence-corrected chi connectivity index (χ1v) is 10.3. The third kappa shape index (κ3) is 3.54. The first-order valence-electron chi connectivity index (χ1n) is 10.3. The molecule has 152 valence electrons. The fraction of sp³-hybridized carbons (Fsp3) is 0.292. The standard InChI is InChI=1S/C24H23FN4O/c25-20-8-6-17(7-9-20)12-23(30)29-14-19-13-28(22-10-11-26-16-27-22)15-21(19)24(29)18-4-2-1-3-5-18/h1-11,16,19,21,24H,12-15H2/t19-,21-,24+/m0/s1. The Morgan fingerprint density at radius 3 is 2.53 bits per heavy atom. The van der Waals surface area contributed by atoms with Gasteiger partial charge < -0.3 is 9.80 Å². The van der Waals surface area contributed by atoms with Gasteiger partial charge in [0.05, 0.1) is 12.5 Å². The second-order valence-electron chi connectivity index (χ2n) is 8.10. The van der Waals surface area contributed by atoms with Crippen molar-refractivity contribution in [3.63, 3.8) is 0 Å². The van der Waals surface area contributed by atoms with E-state index in [1.807, 2.05) is 29.2 Å². The molecule has 3 heterocycles. The van der Waals surface area contributed by atoms with Gasteiger partial charge >= 0.3 is 0 Å². The van der Waals surface area contributed by atoms with Crippen LogP contribution in [0.25, 0.3) is 0 Å². The van der Waals surface area contributed by atoms with E-state index in [-0.39, 0.29) is 17.8 Å². The maximum absolute atomic E-state index is 13.3. The molecule has 1 aromatic heterocycles. The number of aromatic nitrogens is 2. The van der Waals surface area contributed by atoms with E-state index >= 15 is 0 Å². The summed E-state index contributed by atoms with van der Waals surface area (Å²) in [6, 6.07) is 18.5. The van der Waals surface area contributed by atoms with Crippen LogP contribution in [0, 0.1) is 17.7 Å². The zero-order valence-corrected chi connectivity index (χ0v) is 16.6. The van der Waals surface area contributed by atoms with Crippen molar-refractivity contribution in [2.45, 2.75) is 12.5 Å². The summed E-state index contributed by atoms with van der Waals surface area (Å²) in [4.78, 5) is 26.0. The average Bonchev–Trinajstić information content (AvgIpc) is 3.35. The summed E-state index contributed by atoms with van der Waals surface area (Å²) in [5, 5.41) is 0. The van der Waals surface area contributed by atoms with Crippen LogP contribution >= 0.6 is 0 Å². The van der Waals surface area contributed by atoms with Crippen molar-refractivity contribution in [1.82, 2.24) is 14.9 Å². The molecule has 2 fully saturated rings. The molecule has 2 aliphatic heterocycles. The topological polar surface area (TPSA) is 49.3 Å². The Labute approximate surface area is 175 Å². The van der Waals surface area contributed by atoms with E-state index in [1.54, 1.807) is 24.7 Å². The molecular formula is C24H23FN4O. The Morgan fingerprint density at radius 1 is 1.00 bits per heavy atom. The smallest absolute Gasteiger partial charge is 0.227 e. The number of likely N-dealkylation sites (tertiary alicyclic amines) is 1. The predicted molar refractivity (Wildman–Crippen MR) is 112 cm³/mol. The van der Waals surface area contributed by atoms with Crippen molar-refractivity contribution < 1.29 is 9.18 Å². The zero-order chi connectivity index (χ0) is 20.5. The Hall–Kier alpha value is -3.28. The van der Waals surface area contributed by atoms with Gasteiger partial charge in [0, 0.05) is 37.7 Å². The lowest BCUT2D eigenvalue weighted by Gasteiger charge is -2.30. The van der Waals surface area contributed by atoms with E-state index in [9.17, 15) is 9.18 Å². The van der Waals surface area contributed by atoms with Gasteiger partial charge in [0.15, 0.2) is 0 Å². The van der Waals surface area contributed by atoms with Crippen molar-refractivity contribution >= 4 is 11.7 Å². The minimum Gasteiger partial charge on any atom is -0.356 e. The van der Waals surface area contributed by atoms with Gasteiger partial charge in [0.1, 0.15) is 18.0 Å². The first kappa shape index (κ1) is 18.7. The van der Waals surface area contributed by atoms with Crippen LogP contribution in [0.15, 0.2) is 73.2 Å². The molecule has 6 heteroatoms. The van der Waals surface area contributed by atoms with E-state index in [2.05, 4.69) is 27.0 Å². The van der Waals surface area contributed by atoms with Crippen LogP contribution in [-0.4, -0.2) is 40.4 Å². The molecule has 30 heavy (non-hydrogen) atoms. The molecule has 1 amide bonds. The lowest BCUT2D eigenvalue weighted by molar-refractivity contribution is -0.131. The molecule has 2 saturated heterocycles. The van der Waals surface area contributed by atoms with Gasteiger partial charge in [-0.2, -0.15) is 0 Å². The Balaban J connectivity index is 1.40. The highest BCUT2D eigenvalue weighted by molar-refractivity contribution is 5.80. The molecule has 0 unspecified atom stereocenters. The van der Waals surface area contributed by atoms with Crippen LogP contribution in [0.3, 0.4) is 0 Å². The zero-order valence-electron chi connectivity index (χ0n) is 16.6. The van der Waals surface area contributed by atoms with Crippen molar-refractivity contribution in [3.8, 4) is 0 Å². The highest BCUT2D eigenvalue weighted by Crippen LogP contribution is 2.45. The highest BCUT2D eigenvalue weighted by Gasteiger charge is 2.49. The molecule has 5 nitrogen and oxygen atoms in total. The molecule has 0 N–H and O–H groups in total. The molecule has 0 radical (unpaired) electrons. The number of benzene rings is 2. The van der Waals surface area contributed by atoms with Crippen molar-refractivity contribution in [3.05, 3.63) is 90.1 Å². The number of anilines is 1. The molecule has 2 aromatic carbocycles. The lowest BCUT2D eigenvalue weighted by Crippen LogP contribution is -2.36. The summed E-state index contributed by atoms with van der Waals surface area (Å²) < 4.78 is 13.2. The Bertz CT molecular complexity index is 1010. The third-order valence-electron chi connectivity index (χ3n) is 6.28. The number of rotatable bonds is 4. The summed E-state index contributed by atoms with van der Waals surface area (Å²) >= 11 is 0. The number of carbonyl (C=O) groups is 1. The van der Waals surface area contributed by atoms with Gasteiger partial charge in [-0.15, -0.1) is 0 Å². The maximum Gasteiger partial charge on any atom is 0.227 e. The fourth-order valence-electron chi connectivity index (χ4n) is 4.92. The molecule has 2 aliphatic rings. The van der Waals surface area contributed by atoms with Gasteiger partial charge in [-0.1, -0.05) is 42.5 Å². The number of hydrogen-bond donors (Lipinski definition) is 0. The van der Waals surface area contributed by atoms with Gasteiger partial charge in [-0.3, -0.25) is 4.79 Å². The van der Waals surface area contributed by atoms with E-state index in [4.69, 9.17) is 0 Å². The average molecular weight is 402 g/mol. The summed E-state index contributed by atoms with van der Waals surface area (Å²) in [7, 11) is 0. The molecule has 0 aliphatic carbocycles. The van der Waals surface area contributed by atoms with Gasteiger partial charge in [-0.25, -0.2) is 14.4 Å². The minimum absolute atomic E-state index is 0.0379. The summed E-state index contributed by atoms with van der Waals surface area (Å²) in [6.07, 6.45) is 3.64. The molecule has 0 spiro atoms. The van der Waals surface area contributed by atoms with Crippen molar-refractivity contribution in [2.24, 2.45) is 11.8 Å². The van der Waals surface area contributed by atoms with Crippen LogP contribution < -0.4 is 4.90 Å². The number of nitrogens with zero attached hydrogens (tertiary/aromatic N) is 4. The lowest BCUT2D eigenvalue weighted by atomic mass is 9.89. The van der Waals surface area contributed by atoms with E-state index in [0.717, 1.165) is 31.0 Å². The molecule has 0 saturated carbocycles. The summed E-state index contributed by atoms with van der Waals surface area (Å²) in [5.74, 6) is 1.49. The molecule has 0 bridgehead atoms. The molecular weight excluding hydrogens is 379 g/mol. The van der Waals surface area contributed by atoms with Crippen LogP contribution in [0.4, 0.5) is 10.2 Å². The summed E-state index contributed by atoms with van der Waals surface area (Å²) in [5.41, 5.74) is 2.01. The van der Waals surface area contributed by atoms with Crippen LogP contribution in [-0.2, 0) is 11.2 Å². The highest BCUT2D eigenvalue weighted by atomic mass is 19.1. The van der Waals surface area contributed by atoms with Crippen LogP contribution in [0.5, 0.6) is 0 Å². The normalized spacial score (nSPS) is 22.9. The van der Waals surface area contributed by atoms with E-state index < -0.39 is 0 Å². The number of amides is 1. The number of carbonyl (C=O) groups excluding carboxylic acids is 1. The second kappa shape index (κ2) is 7.86. The van der Waals surface area contributed by atoms with Gasteiger partial charge in [0.25, 0.3) is 0 Å². The minimum atomic E-state index is -0.283. The second-order valence-corrected chi connectivity index (χ2v) is 8.10. The van der Waals surface area contributed by atoms with Crippen molar-refractivity contribution in [2.75, 3.05) is 24.5 Å². The van der Waals surface area contributed by atoms with E-state index in [0.29, 0.717) is 18.3 Å². The molecule has 3 aromatic rings. The molecule has 5 rings (SSSR count). The van der Waals surface area contributed by atoms with Gasteiger partial charge in [0.2, 0.25) is 5.91 Å². The van der Waals surface area contributed by atoms with Crippen molar-refractivity contribution in [1.29, 1.82) is 0 Å². The number of halogens is 1. The maximum atomic E-state index is 13.3. The SMILES string of the molecule is O=C(Cc1ccc(F)cc1)N1C[C@@H]2CN(c3ccncn3)C[C@@H]2[C@H]1c1ccccc1. The predicted octanol–water partition coefficient (Wildman–Crippen LogP) is 3.49. The number of fused-ring (bicyclic) bond motifs is 1. The summed E-state index contributed by atoms with van der Waals surface area (Å²) in [6.45, 7) is 2.47. The van der Waals surface area contributed by atoms with Crippen LogP contribution in [0.2, 0.25) is 0 Å². The molecule has 3 atom stereocenters. The number of hydrogen-bond acceptors (Lipinski definition) is 4. The fourth-order valence-corrected chi connectivity index (χ4v) is 4.92. The quantitative estimate of drug-likeness (QED) is 0.670. The largest absolute Gasteiger partial charge is 0.356 e. The Kier molecular flexibility index (Phi) is 4.91.